The molecule has 0 heterocycles. The molecule has 0 aliphatic carbocycles. The van der Waals surface area contributed by atoms with Crippen molar-refractivity contribution in [2.75, 3.05) is 6.61 Å². The predicted molar refractivity (Wildman–Crippen MR) is 103 cm³/mol. The van der Waals surface area contributed by atoms with Gasteiger partial charge in [-0.05, 0) is 41.5 Å². The molecule has 0 radical (unpaired) electrons. The summed E-state index contributed by atoms with van der Waals surface area (Å²) >= 11 is 5.98. The first-order valence-corrected chi connectivity index (χ1v) is 8.61. The Morgan fingerprint density at radius 2 is 1.96 bits per heavy atom. The standard InChI is InChI=1S/C21H18ClNO3/c1-14(16-6-4-7-17(22)11-16)23-21(25)13-26-20-10-9-15-5-2-3-8-18(15)19(20)12-24/h2-12,14H,13H2,1H3,(H,23,25)/t14-/m1/s1. The van der Waals surface area contributed by atoms with Crippen LogP contribution in [-0.4, -0.2) is 18.8 Å². The van der Waals surface area contributed by atoms with Crippen LogP contribution in [0.15, 0.2) is 60.7 Å². The van der Waals surface area contributed by atoms with Gasteiger partial charge in [0.15, 0.2) is 12.9 Å². The molecule has 1 N–H and O–H groups in total. The van der Waals surface area contributed by atoms with Crippen molar-refractivity contribution in [2.45, 2.75) is 13.0 Å². The highest BCUT2D eigenvalue weighted by molar-refractivity contribution is 6.30. The molecule has 26 heavy (non-hydrogen) atoms. The smallest absolute Gasteiger partial charge is 0.258 e. The molecule has 3 aromatic rings. The number of carbonyl (C=O) groups excluding carboxylic acids is 2. The van der Waals surface area contributed by atoms with E-state index >= 15 is 0 Å². The first kappa shape index (κ1) is 18.0. The molecule has 4 nitrogen and oxygen atoms in total. The van der Waals surface area contributed by atoms with E-state index in [1.54, 1.807) is 18.2 Å². The number of hydrogen-bond acceptors (Lipinski definition) is 3. The van der Waals surface area contributed by atoms with Crippen LogP contribution in [-0.2, 0) is 4.79 Å². The average Bonchev–Trinajstić information content (AvgIpc) is 2.65. The van der Waals surface area contributed by atoms with E-state index in [0.717, 1.165) is 22.6 Å². The highest BCUT2D eigenvalue weighted by atomic mass is 35.5. The van der Waals surface area contributed by atoms with Crippen LogP contribution in [0, 0.1) is 0 Å². The lowest BCUT2D eigenvalue weighted by Gasteiger charge is -2.16. The van der Waals surface area contributed by atoms with Crippen molar-refractivity contribution < 1.29 is 14.3 Å². The molecular weight excluding hydrogens is 350 g/mol. The summed E-state index contributed by atoms with van der Waals surface area (Å²) in [6, 6.07) is 18.2. The normalized spacial score (nSPS) is 11.8. The lowest BCUT2D eigenvalue weighted by Crippen LogP contribution is -2.31. The van der Waals surface area contributed by atoms with Crippen LogP contribution in [0.2, 0.25) is 5.02 Å². The van der Waals surface area contributed by atoms with Crippen molar-refractivity contribution in [3.8, 4) is 5.75 Å². The number of aldehydes is 1. The van der Waals surface area contributed by atoms with Crippen molar-refractivity contribution in [2.24, 2.45) is 0 Å². The fourth-order valence-electron chi connectivity index (χ4n) is 2.81. The second kappa shape index (κ2) is 8.02. The van der Waals surface area contributed by atoms with E-state index in [-0.39, 0.29) is 18.6 Å². The molecule has 132 valence electrons. The summed E-state index contributed by atoms with van der Waals surface area (Å²) in [6.45, 7) is 1.69. The minimum absolute atomic E-state index is 0.177. The van der Waals surface area contributed by atoms with Gasteiger partial charge >= 0.3 is 0 Å². The molecule has 1 atom stereocenters. The van der Waals surface area contributed by atoms with Crippen LogP contribution in [0.1, 0.15) is 28.9 Å². The predicted octanol–water partition coefficient (Wildman–Crippen LogP) is 4.56. The summed E-state index contributed by atoms with van der Waals surface area (Å²) in [6.07, 6.45) is 0.754. The third-order valence-electron chi connectivity index (χ3n) is 4.13. The molecule has 0 bridgehead atoms. The van der Waals surface area contributed by atoms with E-state index in [2.05, 4.69) is 5.32 Å². The molecular formula is C21H18ClNO3. The number of ether oxygens (including phenoxy) is 1. The quantitative estimate of drug-likeness (QED) is 0.650. The van der Waals surface area contributed by atoms with Gasteiger partial charge in [-0.15, -0.1) is 0 Å². The number of rotatable bonds is 6. The number of halogens is 1. The van der Waals surface area contributed by atoms with Crippen molar-refractivity contribution in [1.82, 2.24) is 5.32 Å². The monoisotopic (exact) mass is 367 g/mol. The summed E-state index contributed by atoms with van der Waals surface area (Å²) in [5.41, 5.74) is 1.35. The summed E-state index contributed by atoms with van der Waals surface area (Å²) in [7, 11) is 0. The summed E-state index contributed by atoms with van der Waals surface area (Å²) in [5, 5.41) is 5.22. The molecule has 3 rings (SSSR count). The largest absolute Gasteiger partial charge is 0.483 e. The highest BCUT2D eigenvalue weighted by Crippen LogP contribution is 2.26. The van der Waals surface area contributed by atoms with E-state index in [1.165, 1.54) is 0 Å². The van der Waals surface area contributed by atoms with Crippen molar-refractivity contribution in [3.05, 3.63) is 76.8 Å². The van der Waals surface area contributed by atoms with Gasteiger partial charge in [0.25, 0.3) is 5.91 Å². The number of benzene rings is 3. The topological polar surface area (TPSA) is 55.4 Å². The van der Waals surface area contributed by atoms with E-state index in [4.69, 9.17) is 16.3 Å². The molecule has 0 aromatic heterocycles. The van der Waals surface area contributed by atoms with E-state index < -0.39 is 0 Å². The van der Waals surface area contributed by atoms with Crippen molar-refractivity contribution in [3.63, 3.8) is 0 Å². The molecule has 0 saturated carbocycles. The highest BCUT2D eigenvalue weighted by Gasteiger charge is 2.13. The minimum Gasteiger partial charge on any atom is -0.483 e. The fraction of sp³-hybridized carbons (Fsp3) is 0.143. The first-order chi connectivity index (χ1) is 12.6. The minimum atomic E-state index is -0.275. The molecule has 5 heteroatoms. The molecule has 0 fully saturated rings. The van der Waals surface area contributed by atoms with Gasteiger partial charge in [0, 0.05) is 5.02 Å². The third kappa shape index (κ3) is 4.03. The Bertz CT molecular complexity index is 955. The molecule has 0 aliphatic rings. The van der Waals surface area contributed by atoms with Crippen LogP contribution in [0.5, 0.6) is 5.75 Å². The van der Waals surface area contributed by atoms with Gasteiger partial charge < -0.3 is 10.1 Å². The lowest BCUT2D eigenvalue weighted by atomic mass is 10.0. The van der Waals surface area contributed by atoms with Crippen molar-refractivity contribution >= 4 is 34.6 Å². The first-order valence-electron chi connectivity index (χ1n) is 8.23. The maximum atomic E-state index is 12.2. The van der Waals surface area contributed by atoms with Gasteiger partial charge in [-0.3, -0.25) is 9.59 Å². The molecule has 1 amide bonds. The lowest BCUT2D eigenvalue weighted by molar-refractivity contribution is -0.123. The fourth-order valence-corrected chi connectivity index (χ4v) is 3.01. The number of carbonyl (C=O) groups is 2. The van der Waals surface area contributed by atoms with Gasteiger partial charge in [-0.1, -0.05) is 54.1 Å². The van der Waals surface area contributed by atoms with E-state index in [0.29, 0.717) is 16.3 Å². The zero-order valence-electron chi connectivity index (χ0n) is 14.2. The van der Waals surface area contributed by atoms with Gasteiger partial charge in [0.2, 0.25) is 0 Å². The van der Waals surface area contributed by atoms with Crippen LogP contribution in [0.4, 0.5) is 0 Å². The number of fused-ring (bicyclic) bond motifs is 1. The summed E-state index contributed by atoms with van der Waals surface area (Å²) in [4.78, 5) is 23.7. The second-order valence-corrected chi connectivity index (χ2v) is 6.39. The molecule has 0 aliphatic heterocycles. The Kier molecular flexibility index (Phi) is 5.54. The Labute approximate surface area is 156 Å². The van der Waals surface area contributed by atoms with Crippen LogP contribution in [0.25, 0.3) is 10.8 Å². The average molecular weight is 368 g/mol. The Balaban J connectivity index is 1.68. The maximum Gasteiger partial charge on any atom is 0.258 e. The maximum absolute atomic E-state index is 12.2. The molecule has 0 saturated heterocycles. The summed E-state index contributed by atoms with van der Waals surface area (Å²) in [5.74, 6) is 0.117. The van der Waals surface area contributed by atoms with Crippen molar-refractivity contribution in [1.29, 1.82) is 0 Å². The van der Waals surface area contributed by atoms with Gasteiger partial charge in [-0.2, -0.15) is 0 Å². The molecule has 0 spiro atoms. The third-order valence-corrected chi connectivity index (χ3v) is 4.37. The van der Waals surface area contributed by atoms with Gasteiger partial charge in [0.1, 0.15) is 5.75 Å². The van der Waals surface area contributed by atoms with E-state index in [9.17, 15) is 9.59 Å². The Hall–Kier alpha value is -2.85. The van der Waals surface area contributed by atoms with Crippen LogP contribution < -0.4 is 10.1 Å². The SMILES string of the molecule is C[C@@H](NC(=O)COc1ccc2ccccc2c1C=O)c1cccc(Cl)c1. The summed E-state index contributed by atoms with van der Waals surface area (Å²) < 4.78 is 5.59. The number of amides is 1. The molecule has 0 unspecified atom stereocenters. The number of nitrogens with one attached hydrogen (secondary N) is 1. The van der Waals surface area contributed by atoms with Gasteiger partial charge in [0.05, 0.1) is 11.6 Å². The molecule has 3 aromatic carbocycles. The Morgan fingerprint density at radius 3 is 2.73 bits per heavy atom. The van der Waals surface area contributed by atoms with Crippen LogP contribution in [0.3, 0.4) is 0 Å². The number of hydrogen-bond donors (Lipinski definition) is 1. The Morgan fingerprint density at radius 1 is 1.15 bits per heavy atom. The second-order valence-electron chi connectivity index (χ2n) is 5.95. The van der Waals surface area contributed by atoms with E-state index in [1.807, 2.05) is 49.4 Å². The zero-order valence-corrected chi connectivity index (χ0v) is 15.0. The van der Waals surface area contributed by atoms with Gasteiger partial charge in [-0.25, -0.2) is 0 Å². The zero-order chi connectivity index (χ0) is 18.5. The van der Waals surface area contributed by atoms with Crippen LogP contribution >= 0.6 is 11.6 Å².